The molecule has 3 N–H and O–H groups in total. The molecule has 0 amide bonds. The first-order valence-corrected chi connectivity index (χ1v) is 7.31. The summed E-state index contributed by atoms with van der Waals surface area (Å²) in [7, 11) is 1.96. The Balaban J connectivity index is 1.73. The van der Waals surface area contributed by atoms with Gasteiger partial charge in [-0.05, 0) is 49.9 Å². The van der Waals surface area contributed by atoms with Crippen LogP contribution >= 0.6 is 0 Å². The maximum absolute atomic E-state index is 5.77. The van der Waals surface area contributed by atoms with Gasteiger partial charge in [0.2, 0.25) is 0 Å². The van der Waals surface area contributed by atoms with E-state index in [-0.39, 0.29) is 6.04 Å². The van der Waals surface area contributed by atoms with Crippen LogP contribution in [-0.2, 0) is 13.5 Å². The van der Waals surface area contributed by atoms with E-state index in [1.165, 1.54) is 11.3 Å². The zero-order valence-corrected chi connectivity index (χ0v) is 12.7. The minimum absolute atomic E-state index is 0.240. The first-order valence-electron chi connectivity index (χ1n) is 7.31. The lowest BCUT2D eigenvalue weighted by Crippen LogP contribution is -2.36. The van der Waals surface area contributed by atoms with Gasteiger partial charge in [0.15, 0.2) is 0 Å². The summed E-state index contributed by atoms with van der Waals surface area (Å²) in [5.74, 6) is 6.54. The molecule has 1 heterocycles. The van der Waals surface area contributed by atoms with E-state index in [4.69, 9.17) is 10.6 Å². The molecule has 0 fully saturated rings. The maximum Gasteiger partial charge on any atom is 0.119 e. The minimum Gasteiger partial charge on any atom is -0.494 e. The van der Waals surface area contributed by atoms with E-state index in [2.05, 4.69) is 23.5 Å². The van der Waals surface area contributed by atoms with E-state index in [0.29, 0.717) is 6.61 Å². The highest BCUT2D eigenvalue weighted by Gasteiger charge is 2.09. The van der Waals surface area contributed by atoms with Crippen molar-refractivity contribution in [1.82, 2.24) is 15.2 Å². The Bertz CT molecular complexity index is 553. The Labute approximate surface area is 126 Å². The lowest BCUT2D eigenvalue weighted by molar-refractivity contribution is 0.281. The Kier molecular flexibility index (Phi) is 5.78. The van der Waals surface area contributed by atoms with Crippen LogP contribution in [0.4, 0.5) is 0 Å². The highest BCUT2D eigenvalue weighted by molar-refractivity contribution is 5.27. The topological polar surface area (TPSA) is 65.1 Å². The standard InChI is InChI=1S/C16H24N4O/c1-13-4-3-5-16(12-13)21-11-9-14(19-17)6-7-15-8-10-18-20(15)2/h3-5,8,10,12,14,19H,6-7,9,11,17H2,1-2H3. The Hall–Kier alpha value is -1.85. The number of aryl methyl sites for hydroxylation is 3. The molecular formula is C16H24N4O. The van der Waals surface area contributed by atoms with Crippen molar-refractivity contribution in [2.24, 2.45) is 12.9 Å². The second-order valence-corrected chi connectivity index (χ2v) is 5.30. The highest BCUT2D eigenvalue weighted by Crippen LogP contribution is 2.13. The third-order valence-corrected chi connectivity index (χ3v) is 3.63. The summed E-state index contributed by atoms with van der Waals surface area (Å²) in [5.41, 5.74) is 5.30. The van der Waals surface area contributed by atoms with Crippen LogP contribution in [0.5, 0.6) is 5.75 Å². The van der Waals surface area contributed by atoms with E-state index in [0.717, 1.165) is 25.0 Å². The third kappa shape index (κ3) is 4.88. The molecule has 0 aliphatic carbocycles. The fourth-order valence-electron chi connectivity index (χ4n) is 2.30. The molecule has 0 spiro atoms. The number of nitrogens with two attached hydrogens (primary N) is 1. The zero-order valence-electron chi connectivity index (χ0n) is 12.7. The monoisotopic (exact) mass is 288 g/mol. The third-order valence-electron chi connectivity index (χ3n) is 3.63. The molecule has 21 heavy (non-hydrogen) atoms. The number of aromatic nitrogens is 2. The number of hydrazine groups is 1. The fraction of sp³-hybridized carbons (Fsp3) is 0.438. The van der Waals surface area contributed by atoms with Crippen LogP contribution in [0.15, 0.2) is 36.5 Å². The van der Waals surface area contributed by atoms with Gasteiger partial charge < -0.3 is 4.74 Å². The van der Waals surface area contributed by atoms with Gasteiger partial charge in [0.1, 0.15) is 5.75 Å². The van der Waals surface area contributed by atoms with Crippen LogP contribution in [-0.4, -0.2) is 22.4 Å². The quantitative estimate of drug-likeness (QED) is 0.576. The maximum atomic E-state index is 5.77. The normalized spacial score (nSPS) is 12.3. The second-order valence-electron chi connectivity index (χ2n) is 5.30. The Morgan fingerprint density at radius 2 is 2.19 bits per heavy atom. The van der Waals surface area contributed by atoms with Gasteiger partial charge in [0.05, 0.1) is 6.61 Å². The van der Waals surface area contributed by atoms with Crippen LogP contribution in [0.25, 0.3) is 0 Å². The lowest BCUT2D eigenvalue weighted by atomic mass is 10.1. The van der Waals surface area contributed by atoms with Crippen molar-refractivity contribution in [2.75, 3.05) is 6.61 Å². The molecule has 1 unspecified atom stereocenters. The van der Waals surface area contributed by atoms with Crippen LogP contribution < -0.4 is 16.0 Å². The molecule has 5 nitrogen and oxygen atoms in total. The molecule has 0 radical (unpaired) electrons. The van der Waals surface area contributed by atoms with Gasteiger partial charge in [-0.1, -0.05) is 12.1 Å². The smallest absolute Gasteiger partial charge is 0.119 e. The van der Waals surface area contributed by atoms with Crippen molar-refractivity contribution in [2.45, 2.75) is 32.2 Å². The number of hydrogen-bond donors (Lipinski definition) is 2. The van der Waals surface area contributed by atoms with Gasteiger partial charge in [-0.3, -0.25) is 16.0 Å². The van der Waals surface area contributed by atoms with Crippen molar-refractivity contribution in [3.63, 3.8) is 0 Å². The van der Waals surface area contributed by atoms with Gasteiger partial charge in [0.25, 0.3) is 0 Å². The second kappa shape index (κ2) is 7.81. The van der Waals surface area contributed by atoms with Gasteiger partial charge >= 0.3 is 0 Å². The summed E-state index contributed by atoms with van der Waals surface area (Å²) >= 11 is 0. The number of nitrogens with zero attached hydrogens (tertiary/aromatic N) is 2. The molecule has 0 saturated carbocycles. The van der Waals surface area contributed by atoms with Crippen LogP contribution in [0.3, 0.4) is 0 Å². The Morgan fingerprint density at radius 3 is 2.86 bits per heavy atom. The SMILES string of the molecule is Cc1cccc(OCCC(CCc2ccnn2C)NN)c1. The van der Waals surface area contributed by atoms with Gasteiger partial charge in [-0.25, -0.2) is 0 Å². The molecule has 2 aromatic rings. The fourth-order valence-corrected chi connectivity index (χ4v) is 2.30. The molecule has 114 valence electrons. The van der Waals surface area contributed by atoms with E-state index < -0.39 is 0 Å². The van der Waals surface area contributed by atoms with Crippen LogP contribution in [0.2, 0.25) is 0 Å². The van der Waals surface area contributed by atoms with Crippen molar-refractivity contribution >= 4 is 0 Å². The van der Waals surface area contributed by atoms with E-state index in [9.17, 15) is 0 Å². The largest absolute Gasteiger partial charge is 0.494 e. The summed E-state index contributed by atoms with van der Waals surface area (Å²) in [6.07, 6.45) is 4.62. The molecule has 2 rings (SSSR count). The average Bonchev–Trinajstić information content (AvgIpc) is 2.88. The molecule has 1 atom stereocenters. The summed E-state index contributed by atoms with van der Waals surface area (Å²) in [6.45, 7) is 2.72. The van der Waals surface area contributed by atoms with E-state index in [1.807, 2.05) is 42.2 Å². The zero-order chi connectivity index (χ0) is 15.1. The highest BCUT2D eigenvalue weighted by atomic mass is 16.5. The summed E-state index contributed by atoms with van der Waals surface area (Å²) in [4.78, 5) is 0. The first kappa shape index (κ1) is 15.5. The number of ether oxygens (including phenoxy) is 1. The number of rotatable bonds is 8. The molecule has 0 saturated heterocycles. The molecule has 5 heteroatoms. The summed E-state index contributed by atoms with van der Waals surface area (Å²) < 4.78 is 7.67. The predicted octanol–water partition coefficient (Wildman–Crippen LogP) is 1.96. The molecule has 0 aliphatic rings. The van der Waals surface area contributed by atoms with Crippen molar-refractivity contribution in [3.05, 3.63) is 47.8 Å². The van der Waals surface area contributed by atoms with Gasteiger partial charge in [-0.2, -0.15) is 5.10 Å². The Morgan fingerprint density at radius 1 is 1.33 bits per heavy atom. The molecule has 0 bridgehead atoms. The first-order chi connectivity index (χ1) is 10.2. The van der Waals surface area contributed by atoms with Crippen LogP contribution in [0.1, 0.15) is 24.1 Å². The summed E-state index contributed by atoms with van der Waals surface area (Å²) in [6, 6.07) is 10.4. The van der Waals surface area contributed by atoms with E-state index in [1.54, 1.807) is 0 Å². The lowest BCUT2D eigenvalue weighted by Gasteiger charge is -2.16. The summed E-state index contributed by atoms with van der Waals surface area (Å²) in [5, 5.41) is 4.17. The number of benzene rings is 1. The molecular weight excluding hydrogens is 264 g/mol. The predicted molar refractivity (Wildman–Crippen MR) is 83.9 cm³/mol. The van der Waals surface area contributed by atoms with Crippen molar-refractivity contribution in [3.8, 4) is 5.75 Å². The number of nitrogens with one attached hydrogen (secondary N) is 1. The van der Waals surface area contributed by atoms with Gasteiger partial charge in [-0.15, -0.1) is 0 Å². The minimum atomic E-state index is 0.240. The number of hydrogen-bond acceptors (Lipinski definition) is 4. The molecule has 0 aliphatic heterocycles. The van der Waals surface area contributed by atoms with Crippen LogP contribution in [0, 0.1) is 6.92 Å². The van der Waals surface area contributed by atoms with Gasteiger partial charge in [0, 0.05) is 25.0 Å². The molecule has 1 aromatic heterocycles. The van der Waals surface area contributed by atoms with Crippen molar-refractivity contribution in [1.29, 1.82) is 0 Å². The van der Waals surface area contributed by atoms with E-state index >= 15 is 0 Å². The van der Waals surface area contributed by atoms with Crippen molar-refractivity contribution < 1.29 is 4.74 Å². The average molecular weight is 288 g/mol. The molecule has 1 aromatic carbocycles.